The highest BCUT2D eigenvalue weighted by Gasteiger charge is 2.05. The van der Waals surface area contributed by atoms with Gasteiger partial charge in [0, 0.05) is 30.6 Å². The number of hydrogen-bond donors (Lipinski definition) is 1. The molecule has 3 nitrogen and oxygen atoms in total. The fourth-order valence-corrected chi connectivity index (χ4v) is 2.25. The Morgan fingerprint density at radius 1 is 0.944 bits per heavy atom. The van der Waals surface area contributed by atoms with Crippen molar-refractivity contribution in [1.29, 1.82) is 0 Å². The standard InChI is InChI=1S/C15H14N2O/c1-17(2)10-7-8-12-11-5-3-4-6-13(11)15(18)16-14(12)9-10/h3-9H,1-2H3,(H,16,18). The quantitative estimate of drug-likeness (QED) is 0.662. The van der Waals surface area contributed by atoms with Gasteiger partial charge in [0.25, 0.3) is 5.56 Å². The number of H-pyrrole nitrogens is 1. The lowest BCUT2D eigenvalue weighted by Gasteiger charge is -2.13. The molecule has 3 heteroatoms. The molecule has 90 valence electrons. The van der Waals surface area contributed by atoms with Gasteiger partial charge in [0.1, 0.15) is 0 Å². The molecular formula is C15H14N2O. The minimum atomic E-state index is -0.0333. The third-order valence-electron chi connectivity index (χ3n) is 3.23. The number of fused-ring (bicyclic) bond motifs is 3. The number of rotatable bonds is 1. The second-order valence-electron chi connectivity index (χ2n) is 4.62. The van der Waals surface area contributed by atoms with Crippen molar-refractivity contribution in [3.8, 4) is 0 Å². The van der Waals surface area contributed by atoms with Crippen molar-refractivity contribution in [2.24, 2.45) is 0 Å². The number of hydrogen-bond acceptors (Lipinski definition) is 2. The molecule has 1 heterocycles. The molecule has 0 atom stereocenters. The van der Waals surface area contributed by atoms with E-state index in [1.807, 2.05) is 49.3 Å². The third kappa shape index (κ3) is 1.56. The number of aromatic nitrogens is 1. The maximum absolute atomic E-state index is 12.0. The summed E-state index contributed by atoms with van der Waals surface area (Å²) in [6.07, 6.45) is 0. The first-order valence-corrected chi connectivity index (χ1v) is 5.89. The molecule has 3 rings (SSSR count). The summed E-state index contributed by atoms with van der Waals surface area (Å²) in [5.41, 5.74) is 1.92. The molecule has 0 amide bonds. The molecule has 2 aromatic carbocycles. The van der Waals surface area contributed by atoms with Crippen LogP contribution < -0.4 is 10.5 Å². The van der Waals surface area contributed by atoms with E-state index >= 15 is 0 Å². The third-order valence-corrected chi connectivity index (χ3v) is 3.23. The van der Waals surface area contributed by atoms with Crippen LogP contribution in [0.1, 0.15) is 0 Å². The van der Waals surface area contributed by atoms with E-state index in [0.717, 1.165) is 27.4 Å². The monoisotopic (exact) mass is 238 g/mol. The van der Waals surface area contributed by atoms with Crippen LogP contribution in [0.3, 0.4) is 0 Å². The van der Waals surface area contributed by atoms with Gasteiger partial charge < -0.3 is 9.88 Å². The van der Waals surface area contributed by atoms with Crippen LogP contribution in [-0.2, 0) is 0 Å². The summed E-state index contributed by atoms with van der Waals surface area (Å²) in [4.78, 5) is 17.0. The lowest BCUT2D eigenvalue weighted by Crippen LogP contribution is -2.10. The number of pyridine rings is 1. The van der Waals surface area contributed by atoms with Crippen molar-refractivity contribution in [3.63, 3.8) is 0 Å². The normalized spacial score (nSPS) is 11.0. The minimum absolute atomic E-state index is 0.0333. The van der Waals surface area contributed by atoms with Crippen LogP contribution in [0.2, 0.25) is 0 Å². The first-order chi connectivity index (χ1) is 8.66. The number of aromatic amines is 1. The summed E-state index contributed by atoms with van der Waals surface area (Å²) in [6, 6.07) is 13.8. The fourth-order valence-electron chi connectivity index (χ4n) is 2.25. The van der Waals surface area contributed by atoms with Gasteiger partial charge in [-0.1, -0.05) is 24.3 Å². The number of anilines is 1. The molecule has 0 fully saturated rings. The fraction of sp³-hybridized carbons (Fsp3) is 0.133. The van der Waals surface area contributed by atoms with Gasteiger partial charge in [0.2, 0.25) is 0 Å². The van der Waals surface area contributed by atoms with Crippen LogP contribution in [0, 0.1) is 0 Å². The van der Waals surface area contributed by atoms with Gasteiger partial charge in [-0.15, -0.1) is 0 Å². The number of nitrogens with one attached hydrogen (secondary N) is 1. The predicted octanol–water partition coefficient (Wildman–Crippen LogP) is 2.75. The smallest absolute Gasteiger partial charge is 0.256 e. The maximum atomic E-state index is 12.0. The van der Waals surface area contributed by atoms with Gasteiger partial charge >= 0.3 is 0 Å². The Hall–Kier alpha value is -2.29. The molecule has 1 aromatic heterocycles. The van der Waals surface area contributed by atoms with Crippen molar-refractivity contribution in [2.75, 3.05) is 19.0 Å². The van der Waals surface area contributed by atoms with E-state index in [9.17, 15) is 4.79 Å². The topological polar surface area (TPSA) is 36.1 Å². The van der Waals surface area contributed by atoms with Gasteiger partial charge in [-0.25, -0.2) is 0 Å². The van der Waals surface area contributed by atoms with Crippen LogP contribution in [0.15, 0.2) is 47.3 Å². The second kappa shape index (κ2) is 3.88. The van der Waals surface area contributed by atoms with E-state index in [-0.39, 0.29) is 5.56 Å². The molecular weight excluding hydrogens is 224 g/mol. The van der Waals surface area contributed by atoms with E-state index in [2.05, 4.69) is 17.1 Å². The Bertz CT molecular complexity index is 787. The van der Waals surface area contributed by atoms with Crippen molar-refractivity contribution in [1.82, 2.24) is 4.98 Å². The summed E-state index contributed by atoms with van der Waals surface area (Å²) in [7, 11) is 3.97. The molecule has 0 radical (unpaired) electrons. The second-order valence-corrected chi connectivity index (χ2v) is 4.62. The van der Waals surface area contributed by atoms with Crippen LogP contribution in [-0.4, -0.2) is 19.1 Å². The zero-order valence-corrected chi connectivity index (χ0v) is 10.4. The van der Waals surface area contributed by atoms with Gasteiger partial charge in [-0.05, 0) is 23.6 Å². The molecule has 3 aromatic rings. The molecule has 0 aliphatic rings. The summed E-state index contributed by atoms with van der Waals surface area (Å²) in [6.45, 7) is 0. The van der Waals surface area contributed by atoms with Crippen LogP contribution in [0.4, 0.5) is 5.69 Å². The summed E-state index contributed by atoms with van der Waals surface area (Å²) >= 11 is 0. The van der Waals surface area contributed by atoms with Crippen molar-refractivity contribution < 1.29 is 0 Å². The Kier molecular flexibility index (Phi) is 2.33. The Labute approximate surface area is 105 Å². The van der Waals surface area contributed by atoms with E-state index < -0.39 is 0 Å². The van der Waals surface area contributed by atoms with Crippen molar-refractivity contribution >= 4 is 27.4 Å². The largest absolute Gasteiger partial charge is 0.378 e. The van der Waals surface area contributed by atoms with Crippen LogP contribution in [0.5, 0.6) is 0 Å². The average Bonchev–Trinajstić information content (AvgIpc) is 2.38. The molecule has 0 aliphatic carbocycles. The van der Waals surface area contributed by atoms with Crippen LogP contribution >= 0.6 is 0 Å². The minimum Gasteiger partial charge on any atom is -0.378 e. The van der Waals surface area contributed by atoms with E-state index in [0.29, 0.717) is 0 Å². The average molecular weight is 238 g/mol. The van der Waals surface area contributed by atoms with Crippen LogP contribution in [0.25, 0.3) is 21.7 Å². The molecule has 0 unspecified atom stereocenters. The predicted molar refractivity (Wildman–Crippen MR) is 76.4 cm³/mol. The summed E-state index contributed by atoms with van der Waals surface area (Å²) < 4.78 is 0. The first-order valence-electron chi connectivity index (χ1n) is 5.89. The highest BCUT2D eigenvalue weighted by molar-refractivity contribution is 6.05. The van der Waals surface area contributed by atoms with E-state index in [1.165, 1.54) is 0 Å². The van der Waals surface area contributed by atoms with Gasteiger partial charge in [-0.2, -0.15) is 0 Å². The lowest BCUT2D eigenvalue weighted by atomic mass is 10.1. The van der Waals surface area contributed by atoms with Gasteiger partial charge in [0.15, 0.2) is 0 Å². The maximum Gasteiger partial charge on any atom is 0.256 e. The lowest BCUT2D eigenvalue weighted by molar-refractivity contribution is 1.13. The Morgan fingerprint density at radius 2 is 1.67 bits per heavy atom. The number of benzene rings is 2. The molecule has 18 heavy (non-hydrogen) atoms. The summed E-state index contributed by atoms with van der Waals surface area (Å²) in [5, 5.41) is 2.82. The zero-order valence-electron chi connectivity index (χ0n) is 10.4. The molecule has 0 saturated carbocycles. The molecule has 0 aliphatic heterocycles. The summed E-state index contributed by atoms with van der Waals surface area (Å²) in [5.74, 6) is 0. The zero-order chi connectivity index (χ0) is 12.7. The number of nitrogens with zero attached hydrogens (tertiary/aromatic N) is 1. The van der Waals surface area contributed by atoms with Gasteiger partial charge in [-0.3, -0.25) is 4.79 Å². The highest BCUT2D eigenvalue weighted by Crippen LogP contribution is 2.24. The molecule has 0 bridgehead atoms. The van der Waals surface area contributed by atoms with Crippen molar-refractivity contribution in [2.45, 2.75) is 0 Å². The highest BCUT2D eigenvalue weighted by atomic mass is 16.1. The van der Waals surface area contributed by atoms with E-state index in [4.69, 9.17) is 0 Å². The van der Waals surface area contributed by atoms with Gasteiger partial charge in [0.05, 0.1) is 5.52 Å². The molecule has 0 saturated heterocycles. The Balaban J connectivity index is 2.46. The first kappa shape index (κ1) is 10.8. The Morgan fingerprint density at radius 3 is 2.39 bits per heavy atom. The van der Waals surface area contributed by atoms with Crippen molar-refractivity contribution in [3.05, 3.63) is 52.8 Å². The molecule has 1 N–H and O–H groups in total. The SMILES string of the molecule is CN(C)c1ccc2c(c1)[nH]c(=O)c1ccccc12. The van der Waals surface area contributed by atoms with E-state index in [1.54, 1.807) is 0 Å². The molecule has 0 spiro atoms.